The van der Waals surface area contributed by atoms with Crippen molar-refractivity contribution in [2.45, 2.75) is 25.7 Å². The van der Waals surface area contributed by atoms with E-state index in [0.717, 1.165) is 55.8 Å². The monoisotopic (exact) mass is 403 g/mol. The normalized spacial score (nSPS) is 12.9. The van der Waals surface area contributed by atoms with Crippen LogP contribution in [0.1, 0.15) is 40.7 Å². The van der Waals surface area contributed by atoms with Gasteiger partial charge in [-0.25, -0.2) is 0 Å². The van der Waals surface area contributed by atoms with Gasteiger partial charge in [-0.2, -0.15) is 5.26 Å². The summed E-state index contributed by atoms with van der Waals surface area (Å²) in [6.45, 7) is 7.02. The SMILES string of the molecule is C=CCN(C)CCCCOc1ccc2c(c1)CCCN2C(=O)c1ccccc1C#N. The highest BCUT2D eigenvalue weighted by Crippen LogP contribution is 2.32. The molecule has 0 radical (unpaired) electrons. The molecule has 2 aromatic rings. The molecule has 30 heavy (non-hydrogen) atoms. The second-order valence-corrected chi connectivity index (χ2v) is 7.61. The van der Waals surface area contributed by atoms with E-state index in [1.807, 2.05) is 18.2 Å². The molecule has 1 heterocycles. The van der Waals surface area contributed by atoms with Crippen LogP contribution in [0.15, 0.2) is 55.1 Å². The summed E-state index contributed by atoms with van der Waals surface area (Å²) in [7, 11) is 2.09. The van der Waals surface area contributed by atoms with Gasteiger partial charge in [0.2, 0.25) is 0 Å². The predicted octanol–water partition coefficient (Wildman–Crippen LogP) is 4.43. The first kappa shape index (κ1) is 21.6. The minimum absolute atomic E-state index is 0.120. The van der Waals surface area contributed by atoms with Crippen LogP contribution in [0.25, 0.3) is 0 Å². The Bertz CT molecular complexity index is 932. The first-order chi connectivity index (χ1) is 14.6. The van der Waals surface area contributed by atoms with Crippen LogP contribution in [-0.4, -0.2) is 44.1 Å². The lowest BCUT2D eigenvalue weighted by atomic mass is 9.99. The lowest BCUT2D eigenvalue weighted by molar-refractivity contribution is 0.0985. The number of aryl methyl sites for hydroxylation is 1. The maximum atomic E-state index is 13.1. The summed E-state index contributed by atoms with van der Waals surface area (Å²) in [6.07, 6.45) is 5.80. The molecule has 0 aromatic heterocycles. The summed E-state index contributed by atoms with van der Waals surface area (Å²) in [4.78, 5) is 17.1. The molecular weight excluding hydrogens is 374 g/mol. The quantitative estimate of drug-likeness (QED) is 0.459. The summed E-state index contributed by atoms with van der Waals surface area (Å²) < 4.78 is 5.95. The highest BCUT2D eigenvalue weighted by molar-refractivity contribution is 6.08. The van der Waals surface area contributed by atoms with Crippen LogP contribution in [-0.2, 0) is 6.42 Å². The molecule has 1 aliphatic rings. The molecule has 0 saturated carbocycles. The summed E-state index contributed by atoms with van der Waals surface area (Å²) >= 11 is 0. The number of carbonyl (C=O) groups is 1. The van der Waals surface area contributed by atoms with E-state index >= 15 is 0 Å². The highest BCUT2D eigenvalue weighted by atomic mass is 16.5. The van der Waals surface area contributed by atoms with Gasteiger partial charge in [0.25, 0.3) is 5.91 Å². The Morgan fingerprint density at radius 1 is 1.30 bits per heavy atom. The van der Waals surface area contributed by atoms with E-state index in [9.17, 15) is 10.1 Å². The molecule has 0 saturated heterocycles. The third-order valence-electron chi connectivity index (χ3n) is 5.34. The fourth-order valence-corrected chi connectivity index (χ4v) is 3.77. The number of nitriles is 1. The number of nitrogens with zero attached hydrogens (tertiary/aromatic N) is 3. The van der Waals surface area contributed by atoms with Gasteiger partial charge in [0.1, 0.15) is 5.75 Å². The second kappa shape index (κ2) is 10.6. The fraction of sp³-hybridized carbons (Fsp3) is 0.360. The van der Waals surface area contributed by atoms with Crippen molar-refractivity contribution in [3.05, 3.63) is 71.8 Å². The average molecular weight is 404 g/mol. The number of amides is 1. The summed E-state index contributed by atoms with van der Waals surface area (Å²) in [6, 6.07) is 15.1. The van der Waals surface area contributed by atoms with E-state index in [1.165, 1.54) is 0 Å². The molecular formula is C25H29N3O2. The average Bonchev–Trinajstić information content (AvgIpc) is 2.78. The predicted molar refractivity (Wildman–Crippen MR) is 120 cm³/mol. The topological polar surface area (TPSA) is 56.6 Å². The molecule has 1 aliphatic heterocycles. The Kier molecular flexibility index (Phi) is 7.64. The molecule has 5 heteroatoms. The molecule has 1 amide bonds. The third kappa shape index (κ3) is 5.28. The lowest BCUT2D eigenvalue weighted by Crippen LogP contribution is -2.35. The van der Waals surface area contributed by atoms with Crippen molar-refractivity contribution in [2.24, 2.45) is 0 Å². The van der Waals surface area contributed by atoms with E-state index < -0.39 is 0 Å². The number of anilines is 1. The lowest BCUT2D eigenvalue weighted by Gasteiger charge is -2.30. The van der Waals surface area contributed by atoms with Gasteiger partial charge in [-0.3, -0.25) is 4.79 Å². The second-order valence-electron chi connectivity index (χ2n) is 7.61. The maximum absolute atomic E-state index is 13.1. The van der Waals surface area contributed by atoms with Gasteiger partial charge in [-0.1, -0.05) is 18.2 Å². The van der Waals surface area contributed by atoms with Crippen LogP contribution < -0.4 is 9.64 Å². The summed E-state index contributed by atoms with van der Waals surface area (Å²) in [5.74, 6) is 0.727. The van der Waals surface area contributed by atoms with Crippen molar-refractivity contribution in [2.75, 3.05) is 38.2 Å². The standard InChI is InChI=1S/C25H29N3O2/c1-3-14-27(2)15-6-7-17-30-22-12-13-24-20(18-22)10-8-16-28(24)25(29)23-11-5-4-9-21(23)19-26/h3-5,9,11-13,18H,1,6-8,10,14-17H2,2H3. The number of ether oxygens (including phenoxy) is 1. The minimum atomic E-state index is -0.120. The number of carbonyl (C=O) groups excluding carboxylic acids is 1. The van der Waals surface area contributed by atoms with Crippen LogP contribution in [0.3, 0.4) is 0 Å². The van der Waals surface area contributed by atoms with Crippen molar-refractivity contribution < 1.29 is 9.53 Å². The van der Waals surface area contributed by atoms with E-state index in [1.54, 1.807) is 29.2 Å². The van der Waals surface area contributed by atoms with Crippen LogP contribution in [0, 0.1) is 11.3 Å². The molecule has 156 valence electrons. The maximum Gasteiger partial charge on any atom is 0.259 e. The van der Waals surface area contributed by atoms with Gasteiger partial charge < -0.3 is 14.5 Å². The third-order valence-corrected chi connectivity index (χ3v) is 5.34. The van der Waals surface area contributed by atoms with Crippen molar-refractivity contribution in [3.63, 3.8) is 0 Å². The van der Waals surface area contributed by atoms with E-state index in [-0.39, 0.29) is 5.91 Å². The molecule has 0 atom stereocenters. The van der Waals surface area contributed by atoms with E-state index in [4.69, 9.17) is 4.74 Å². The number of benzene rings is 2. The van der Waals surface area contributed by atoms with Crippen molar-refractivity contribution >= 4 is 11.6 Å². The Labute approximate surface area is 179 Å². The van der Waals surface area contributed by atoms with Crippen molar-refractivity contribution in [1.82, 2.24) is 4.90 Å². The molecule has 0 unspecified atom stereocenters. The number of hydrogen-bond donors (Lipinski definition) is 0. The van der Waals surface area contributed by atoms with Crippen LogP contribution >= 0.6 is 0 Å². The van der Waals surface area contributed by atoms with Crippen molar-refractivity contribution in [1.29, 1.82) is 5.26 Å². The molecule has 0 spiro atoms. The summed E-state index contributed by atoms with van der Waals surface area (Å²) in [5.41, 5.74) is 2.90. The van der Waals surface area contributed by atoms with Crippen LogP contribution in [0.2, 0.25) is 0 Å². The van der Waals surface area contributed by atoms with Gasteiger partial charge in [0.05, 0.1) is 23.8 Å². The zero-order valence-corrected chi connectivity index (χ0v) is 17.6. The van der Waals surface area contributed by atoms with Gasteiger partial charge in [0, 0.05) is 18.8 Å². The Morgan fingerprint density at radius 3 is 2.93 bits per heavy atom. The zero-order valence-electron chi connectivity index (χ0n) is 17.6. The molecule has 0 fully saturated rings. The Morgan fingerprint density at radius 2 is 2.13 bits per heavy atom. The van der Waals surface area contributed by atoms with Crippen molar-refractivity contribution in [3.8, 4) is 11.8 Å². The van der Waals surface area contributed by atoms with Crippen LogP contribution in [0.4, 0.5) is 5.69 Å². The molecule has 0 aliphatic carbocycles. The number of hydrogen-bond acceptors (Lipinski definition) is 4. The molecule has 3 rings (SSSR count). The first-order valence-electron chi connectivity index (χ1n) is 10.5. The van der Waals surface area contributed by atoms with E-state index in [2.05, 4.69) is 30.7 Å². The Balaban J connectivity index is 1.63. The fourth-order valence-electron chi connectivity index (χ4n) is 3.77. The number of unbranched alkanes of at least 4 members (excludes halogenated alkanes) is 1. The number of likely N-dealkylation sites (N-methyl/N-ethyl adjacent to an activating group) is 1. The Hall–Kier alpha value is -3.10. The van der Waals surface area contributed by atoms with Gasteiger partial charge >= 0.3 is 0 Å². The smallest absolute Gasteiger partial charge is 0.259 e. The minimum Gasteiger partial charge on any atom is -0.494 e. The number of fused-ring (bicyclic) bond motifs is 1. The molecule has 5 nitrogen and oxygen atoms in total. The first-order valence-corrected chi connectivity index (χ1v) is 10.5. The highest BCUT2D eigenvalue weighted by Gasteiger charge is 2.25. The van der Waals surface area contributed by atoms with Gasteiger partial charge in [-0.15, -0.1) is 6.58 Å². The molecule has 0 N–H and O–H groups in total. The summed E-state index contributed by atoms with van der Waals surface area (Å²) in [5, 5.41) is 9.33. The van der Waals surface area contributed by atoms with E-state index in [0.29, 0.717) is 24.3 Å². The molecule has 0 bridgehead atoms. The number of rotatable bonds is 9. The van der Waals surface area contributed by atoms with Crippen LogP contribution in [0.5, 0.6) is 5.75 Å². The molecule has 2 aromatic carbocycles. The zero-order chi connectivity index (χ0) is 21.3. The largest absolute Gasteiger partial charge is 0.494 e. The van der Waals surface area contributed by atoms with Gasteiger partial charge in [-0.05, 0) is 75.2 Å². The van der Waals surface area contributed by atoms with Gasteiger partial charge in [0.15, 0.2) is 0 Å².